The van der Waals surface area contributed by atoms with Gasteiger partial charge >= 0.3 is 0 Å². The zero-order valence-corrected chi connectivity index (χ0v) is 14.5. The van der Waals surface area contributed by atoms with E-state index in [4.69, 9.17) is 4.74 Å². The van der Waals surface area contributed by atoms with Gasteiger partial charge in [-0.25, -0.2) is 4.39 Å². The molecule has 1 saturated carbocycles. The Kier molecular flexibility index (Phi) is 5.21. The third kappa shape index (κ3) is 3.96. The molecule has 1 saturated heterocycles. The third-order valence-corrected chi connectivity index (χ3v) is 4.58. The second kappa shape index (κ2) is 6.65. The highest BCUT2D eigenvalue weighted by Crippen LogP contribution is 2.48. The first-order valence-corrected chi connectivity index (χ1v) is 7.79. The Morgan fingerprint density at radius 1 is 1.39 bits per heavy atom. The first-order valence-electron chi connectivity index (χ1n) is 7.79. The number of hydrogen-bond acceptors (Lipinski definition) is 3. The maximum absolute atomic E-state index is 13.1. The van der Waals surface area contributed by atoms with Crippen LogP contribution in [0, 0.1) is 30.5 Å². The summed E-state index contributed by atoms with van der Waals surface area (Å²) in [5.41, 5.74) is 0.298. The minimum Gasteiger partial charge on any atom is -0.491 e. The molecule has 1 aliphatic carbocycles. The lowest BCUT2D eigenvalue weighted by Gasteiger charge is -2.27. The van der Waals surface area contributed by atoms with Crippen LogP contribution >= 0.6 is 12.4 Å². The normalized spacial score (nSPS) is 25.3. The number of fused-ring (bicyclic) bond motifs is 1. The molecule has 0 aromatic heterocycles. The lowest BCUT2D eigenvalue weighted by Crippen LogP contribution is -2.49. The Morgan fingerprint density at radius 3 is 2.65 bits per heavy atom. The van der Waals surface area contributed by atoms with Crippen LogP contribution in [0.1, 0.15) is 19.4 Å². The topological polar surface area (TPSA) is 50.4 Å². The van der Waals surface area contributed by atoms with E-state index >= 15 is 0 Å². The van der Waals surface area contributed by atoms with Crippen molar-refractivity contribution in [3.05, 3.63) is 29.6 Å². The Hall–Kier alpha value is -1.33. The molecule has 3 atom stereocenters. The van der Waals surface area contributed by atoms with Gasteiger partial charge in [0, 0.05) is 5.92 Å². The fraction of sp³-hybridized carbons (Fsp3) is 0.588. The average Bonchev–Trinajstić information content (AvgIpc) is 2.91. The maximum atomic E-state index is 13.1. The van der Waals surface area contributed by atoms with Crippen LogP contribution in [0.3, 0.4) is 0 Å². The highest BCUT2D eigenvalue weighted by atomic mass is 35.5. The summed E-state index contributed by atoms with van der Waals surface area (Å²) >= 11 is 0. The summed E-state index contributed by atoms with van der Waals surface area (Å²) in [6, 6.07) is 4.45. The van der Waals surface area contributed by atoms with Crippen LogP contribution in [0.5, 0.6) is 5.75 Å². The van der Waals surface area contributed by atoms with E-state index in [2.05, 4.69) is 10.6 Å². The summed E-state index contributed by atoms with van der Waals surface area (Å²) in [7, 11) is 0. The summed E-state index contributed by atoms with van der Waals surface area (Å²) < 4.78 is 18.8. The fourth-order valence-electron chi connectivity index (χ4n) is 3.29. The number of halogens is 2. The van der Waals surface area contributed by atoms with Crippen molar-refractivity contribution in [3.8, 4) is 5.75 Å². The molecule has 0 radical (unpaired) electrons. The van der Waals surface area contributed by atoms with Gasteiger partial charge in [-0.05, 0) is 69.5 Å². The SMILES string of the molecule is Cc1cc(F)ccc1OCC(C)(C)NC(=O)C1[C@H]2CNC[C@@H]12.Cl. The molecule has 0 bridgehead atoms. The highest BCUT2D eigenvalue weighted by Gasteiger charge is 2.57. The molecule has 4 nitrogen and oxygen atoms in total. The smallest absolute Gasteiger partial charge is 0.224 e. The van der Waals surface area contributed by atoms with Crippen LogP contribution in [0.4, 0.5) is 4.39 Å². The standard InChI is InChI=1S/C17H23FN2O2.ClH/c1-10-6-11(18)4-5-14(10)22-9-17(2,3)20-16(21)15-12-7-19-8-13(12)15;/h4-6,12-13,15,19H,7-9H2,1-3H3,(H,20,21);1H/t12-,13+,15?;. The highest BCUT2D eigenvalue weighted by molar-refractivity contribution is 5.85. The van der Waals surface area contributed by atoms with Gasteiger partial charge in [-0.1, -0.05) is 0 Å². The number of carbonyl (C=O) groups excluding carboxylic acids is 1. The number of carbonyl (C=O) groups is 1. The third-order valence-electron chi connectivity index (χ3n) is 4.58. The van der Waals surface area contributed by atoms with Crippen molar-refractivity contribution in [2.45, 2.75) is 26.3 Å². The van der Waals surface area contributed by atoms with E-state index in [1.54, 1.807) is 6.07 Å². The molecule has 6 heteroatoms. The van der Waals surface area contributed by atoms with Gasteiger partial charge in [-0.2, -0.15) is 0 Å². The van der Waals surface area contributed by atoms with Crippen molar-refractivity contribution in [1.29, 1.82) is 0 Å². The van der Waals surface area contributed by atoms with E-state index in [0.717, 1.165) is 18.7 Å². The van der Waals surface area contributed by atoms with Crippen molar-refractivity contribution in [3.63, 3.8) is 0 Å². The Balaban J connectivity index is 0.00000192. The molecule has 2 N–H and O–H groups in total. The molecule has 1 unspecified atom stereocenters. The van der Waals surface area contributed by atoms with Gasteiger partial charge in [0.1, 0.15) is 18.2 Å². The maximum Gasteiger partial charge on any atom is 0.224 e. The lowest BCUT2D eigenvalue weighted by atomic mass is 10.1. The largest absolute Gasteiger partial charge is 0.491 e. The lowest BCUT2D eigenvalue weighted by molar-refractivity contribution is -0.125. The Morgan fingerprint density at radius 2 is 2.04 bits per heavy atom. The zero-order chi connectivity index (χ0) is 15.9. The molecule has 1 aromatic rings. The number of hydrogen-bond donors (Lipinski definition) is 2. The van der Waals surface area contributed by atoms with Gasteiger partial charge in [0.05, 0.1) is 5.54 Å². The quantitative estimate of drug-likeness (QED) is 0.863. The van der Waals surface area contributed by atoms with Gasteiger partial charge in [-0.3, -0.25) is 4.79 Å². The fourth-order valence-corrected chi connectivity index (χ4v) is 3.29. The summed E-state index contributed by atoms with van der Waals surface area (Å²) in [6.07, 6.45) is 0. The first-order chi connectivity index (χ1) is 10.4. The van der Waals surface area contributed by atoms with E-state index in [1.807, 2.05) is 20.8 Å². The van der Waals surface area contributed by atoms with Gasteiger partial charge in [0.2, 0.25) is 5.91 Å². The van der Waals surface area contributed by atoms with E-state index in [9.17, 15) is 9.18 Å². The monoisotopic (exact) mass is 342 g/mol. The Bertz CT molecular complexity index is 584. The van der Waals surface area contributed by atoms with E-state index in [-0.39, 0.29) is 30.0 Å². The number of aryl methyl sites for hydroxylation is 1. The molecule has 2 fully saturated rings. The molecule has 128 valence electrons. The first kappa shape index (κ1) is 18.0. The number of amides is 1. The molecule has 1 heterocycles. The molecule has 3 rings (SSSR count). The summed E-state index contributed by atoms with van der Waals surface area (Å²) in [5, 5.41) is 6.37. The second-order valence-electron chi connectivity index (χ2n) is 7.08. The van der Waals surface area contributed by atoms with Gasteiger partial charge in [0.25, 0.3) is 0 Å². The minimum absolute atomic E-state index is 0. The average molecular weight is 343 g/mol. The van der Waals surface area contributed by atoms with Crippen LogP contribution in [0.25, 0.3) is 0 Å². The molecule has 1 amide bonds. The van der Waals surface area contributed by atoms with Gasteiger partial charge < -0.3 is 15.4 Å². The van der Waals surface area contributed by atoms with Crippen LogP contribution < -0.4 is 15.4 Å². The van der Waals surface area contributed by atoms with E-state index < -0.39 is 5.54 Å². The molecule has 2 aliphatic rings. The van der Waals surface area contributed by atoms with Crippen molar-refractivity contribution in [2.24, 2.45) is 17.8 Å². The zero-order valence-electron chi connectivity index (χ0n) is 13.7. The molecular formula is C17H24ClFN2O2. The molecule has 0 spiro atoms. The van der Waals surface area contributed by atoms with Gasteiger partial charge in [0.15, 0.2) is 0 Å². The summed E-state index contributed by atoms with van der Waals surface area (Å²) in [5.74, 6) is 1.68. The summed E-state index contributed by atoms with van der Waals surface area (Å²) in [6.45, 7) is 7.96. The number of nitrogens with one attached hydrogen (secondary N) is 2. The number of rotatable bonds is 5. The molecular weight excluding hydrogens is 319 g/mol. The van der Waals surface area contributed by atoms with Crippen molar-refractivity contribution in [2.75, 3.05) is 19.7 Å². The number of ether oxygens (including phenoxy) is 1. The second-order valence-corrected chi connectivity index (χ2v) is 7.08. The minimum atomic E-state index is -0.456. The van der Waals surface area contributed by atoms with Crippen molar-refractivity contribution >= 4 is 18.3 Å². The van der Waals surface area contributed by atoms with E-state index in [1.165, 1.54) is 12.1 Å². The summed E-state index contributed by atoms with van der Waals surface area (Å²) in [4.78, 5) is 12.3. The van der Waals surface area contributed by atoms with Crippen LogP contribution in [0.15, 0.2) is 18.2 Å². The number of piperidine rings is 1. The van der Waals surface area contributed by atoms with Gasteiger partial charge in [-0.15, -0.1) is 12.4 Å². The van der Waals surface area contributed by atoms with Crippen LogP contribution in [-0.4, -0.2) is 31.1 Å². The molecule has 1 aromatic carbocycles. The van der Waals surface area contributed by atoms with Crippen molar-refractivity contribution < 1.29 is 13.9 Å². The van der Waals surface area contributed by atoms with E-state index in [0.29, 0.717) is 24.2 Å². The molecule has 23 heavy (non-hydrogen) atoms. The number of benzene rings is 1. The van der Waals surface area contributed by atoms with Crippen LogP contribution in [-0.2, 0) is 4.79 Å². The molecule has 1 aliphatic heterocycles. The predicted octanol–water partition coefficient (Wildman–Crippen LogP) is 2.29. The van der Waals surface area contributed by atoms with Crippen molar-refractivity contribution in [1.82, 2.24) is 10.6 Å². The predicted molar refractivity (Wildman–Crippen MR) is 89.4 cm³/mol. The Labute approximate surface area is 142 Å². The van der Waals surface area contributed by atoms with Crippen LogP contribution in [0.2, 0.25) is 0 Å².